The van der Waals surface area contributed by atoms with Crippen molar-refractivity contribution in [1.29, 1.82) is 0 Å². The predicted molar refractivity (Wildman–Crippen MR) is 76.5 cm³/mol. The maximum Gasteiger partial charge on any atom is 0.151 e. The highest BCUT2D eigenvalue weighted by atomic mass is 15.3. The van der Waals surface area contributed by atoms with Crippen LogP contribution in [0.2, 0.25) is 0 Å². The molecule has 0 saturated carbocycles. The number of nitrogens with zero attached hydrogens (tertiary/aromatic N) is 3. The van der Waals surface area contributed by atoms with Crippen LogP contribution in [0.25, 0.3) is 0 Å². The molecule has 4 heteroatoms. The van der Waals surface area contributed by atoms with Crippen LogP contribution in [-0.4, -0.2) is 22.8 Å². The lowest BCUT2D eigenvalue weighted by atomic mass is 10.1. The van der Waals surface area contributed by atoms with Crippen molar-refractivity contribution in [1.82, 2.24) is 10.2 Å². The van der Waals surface area contributed by atoms with Crippen LogP contribution in [0.15, 0.2) is 12.1 Å². The van der Waals surface area contributed by atoms with Gasteiger partial charge < -0.3 is 10.6 Å². The Morgan fingerprint density at radius 1 is 1.17 bits per heavy atom. The Bertz CT molecular complexity index is 330. The summed E-state index contributed by atoms with van der Waals surface area (Å²) in [7, 11) is 0. The SMILES string of the molecule is CCC(CC)N(CC(C)C)c1ccc(CN)nn1. The number of nitrogens with two attached hydrogens (primary N) is 1. The standard InChI is InChI=1S/C14H26N4/c1-5-13(6-2)18(10-11(3)4)14-8-7-12(9-15)16-17-14/h7-8,11,13H,5-6,9-10,15H2,1-4H3. The van der Waals surface area contributed by atoms with Crippen LogP contribution < -0.4 is 10.6 Å². The van der Waals surface area contributed by atoms with Gasteiger partial charge in [-0.2, -0.15) is 5.10 Å². The topological polar surface area (TPSA) is 55.0 Å². The summed E-state index contributed by atoms with van der Waals surface area (Å²) in [6.07, 6.45) is 2.26. The zero-order valence-corrected chi connectivity index (χ0v) is 12.1. The first-order valence-electron chi connectivity index (χ1n) is 6.91. The first-order valence-corrected chi connectivity index (χ1v) is 6.91. The molecule has 1 aromatic heterocycles. The van der Waals surface area contributed by atoms with Crippen LogP contribution in [0.1, 0.15) is 46.2 Å². The summed E-state index contributed by atoms with van der Waals surface area (Å²) in [4.78, 5) is 2.37. The number of rotatable bonds is 7. The third-order valence-electron chi connectivity index (χ3n) is 3.15. The van der Waals surface area contributed by atoms with Crippen LogP contribution in [-0.2, 0) is 6.54 Å². The van der Waals surface area contributed by atoms with Crippen molar-refractivity contribution < 1.29 is 0 Å². The molecule has 0 fully saturated rings. The van der Waals surface area contributed by atoms with E-state index in [1.165, 1.54) is 0 Å². The number of hydrogen-bond donors (Lipinski definition) is 1. The van der Waals surface area contributed by atoms with Crippen molar-refractivity contribution in [2.45, 2.75) is 53.1 Å². The Balaban J connectivity index is 2.92. The van der Waals surface area contributed by atoms with Gasteiger partial charge in [0, 0.05) is 19.1 Å². The van der Waals surface area contributed by atoms with Crippen LogP contribution in [0.3, 0.4) is 0 Å². The lowest BCUT2D eigenvalue weighted by Crippen LogP contribution is -2.38. The van der Waals surface area contributed by atoms with E-state index in [2.05, 4.69) is 42.8 Å². The van der Waals surface area contributed by atoms with E-state index in [9.17, 15) is 0 Å². The van der Waals surface area contributed by atoms with E-state index in [1.807, 2.05) is 12.1 Å². The molecule has 1 rings (SSSR count). The van der Waals surface area contributed by atoms with Crippen LogP contribution in [0.4, 0.5) is 5.82 Å². The summed E-state index contributed by atoms with van der Waals surface area (Å²) in [5.74, 6) is 1.58. The molecule has 0 aliphatic rings. The van der Waals surface area contributed by atoms with Gasteiger partial charge in [0.15, 0.2) is 5.82 Å². The summed E-state index contributed by atoms with van der Waals surface area (Å²) < 4.78 is 0. The molecule has 0 aliphatic heterocycles. The Hall–Kier alpha value is -1.16. The summed E-state index contributed by atoms with van der Waals surface area (Å²) in [5.41, 5.74) is 6.39. The highest BCUT2D eigenvalue weighted by Gasteiger charge is 2.18. The Kier molecular flexibility index (Phi) is 6.05. The molecule has 0 radical (unpaired) electrons. The van der Waals surface area contributed by atoms with Gasteiger partial charge in [-0.3, -0.25) is 0 Å². The lowest BCUT2D eigenvalue weighted by molar-refractivity contribution is 0.501. The van der Waals surface area contributed by atoms with Crippen molar-refractivity contribution in [2.24, 2.45) is 11.7 Å². The maximum absolute atomic E-state index is 5.55. The van der Waals surface area contributed by atoms with Gasteiger partial charge in [-0.25, -0.2) is 0 Å². The van der Waals surface area contributed by atoms with Gasteiger partial charge in [-0.1, -0.05) is 27.7 Å². The second-order valence-corrected chi connectivity index (χ2v) is 5.10. The van der Waals surface area contributed by atoms with E-state index < -0.39 is 0 Å². The summed E-state index contributed by atoms with van der Waals surface area (Å²) >= 11 is 0. The molecule has 0 aliphatic carbocycles. The Morgan fingerprint density at radius 3 is 2.22 bits per heavy atom. The van der Waals surface area contributed by atoms with Gasteiger partial charge in [0.05, 0.1) is 5.69 Å². The second kappa shape index (κ2) is 7.31. The van der Waals surface area contributed by atoms with Crippen molar-refractivity contribution in [3.05, 3.63) is 17.8 Å². The molecule has 1 aromatic rings. The zero-order valence-electron chi connectivity index (χ0n) is 12.1. The van der Waals surface area contributed by atoms with Crippen molar-refractivity contribution in [3.63, 3.8) is 0 Å². The smallest absolute Gasteiger partial charge is 0.151 e. The minimum absolute atomic E-state index is 0.447. The molecule has 0 saturated heterocycles. The fourth-order valence-corrected chi connectivity index (χ4v) is 2.17. The Morgan fingerprint density at radius 2 is 1.83 bits per heavy atom. The fraction of sp³-hybridized carbons (Fsp3) is 0.714. The van der Waals surface area contributed by atoms with E-state index in [0.29, 0.717) is 18.5 Å². The van der Waals surface area contributed by atoms with E-state index in [1.54, 1.807) is 0 Å². The molecule has 0 bridgehead atoms. The van der Waals surface area contributed by atoms with Gasteiger partial charge >= 0.3 is 0 Å². The largest absolute Gasteiger partial charge is 0.352 e. The summed E-state index contributed by atoms with van der Waals surface area (Å²) in [6.45, 7) is 10.4. The predicted octanol–water partition coefficient (Wildman–Crippen LogP) is 2.59. The van der Waals surface area contributed by atoms with Crippen molar-refractivity contribution >= 4 is 5.82 Å². The molecule has 0 spiro atoms. The number of hydrogen-bond acceptors (Lipinski definition) is 4. The molecule has 2 N–H and O–H groups in total. The number of anilines is 1. The quantitative estimate of drug-likeness (QED) is 0.808. The molecule has 0 amide bonds. The minimum atomic E-state index is 0.447. The van der Waals surface area contributed by atoms with Gasteiger partial charge in [0.1, 0.15) is 0 Å². The molecule has 0 atom stereocenters. The third-order valence-corrected chi connectivity index (χ3v) is 3.15. The van der Waals surface area contributed by atoms with Gasteiger partial charge in [-0.05, 0) is 30.9 Å². The third kappa shape index (κ3) is 3.95. The molecule has 18 heavy (non-hydrogen) atoms. The van der Waals surface area contributed by atoms with E-state index in [0.717, 1.165) is 30.9 Å². The molecule has 0 unspecified atom stereocenters. The molecular formula is C14H26N4. The lowest BCUT2D eigenvalue weighted by Gasteiger charge is -2.32. The van der Waals surface area contributed by atoms with Crippen LogP contribution in [0.5, 0.6) is 0 Å². The zero-order chi connectivity index (χ0) is 13.5. The highest BCUT2D eigenvalue weighted by molar-refractivity contribution is 5.38. The average Bonchev–Trinajstić information content (AvgIpc) is 2.38. The van der Waals surface area contributed by atoms with Crippen LogP contribution >= 0.6 is 0 Å². The Labute approximate surface area is 111 Å². The minimum Gasteiger partial charge on any atom is -0.352 e. The van der Waals surface area contributed by atoms with Gasteiger partial charge in [0.25, 0.3) is 0 Å². The first kappa shape index (κ1) is 14.9. The monoisotopic (exact) mass is 250 g/mol. The van der Waals surface area contributed by atoms with Gasteiger partial charge in [0.2, 0.25) is 0 Å². The van der Waals surface area contributed by atoms with Crippen molar-refractivity contribution in [3.8, 4) is 0 Å². The molecule has 102 valence electrons. The van der Waals surface area contributed by atoms with Gasteiger partial charge in [-0.15, -0.1) is 5.10 Å². The molecule has 1 heterocycles. The second-order valence-electron chi connectivity index (χ2n) is 5.10. The maximum atomic E-state index is 5.55. The summed E-state index contributed by atoms with van der Waals surface area (Å²) in [6, 6.07) is 4.54. The van der Waals surface area contributed by atoms with Crippen molar-refractivity contribution in [2.75, 3.05) is 11.4 Å². The fourth-order valence-electron chi connectivity index (χ4n) is 2.17. The van der Waals surface area contributed by atoms with E-state index in [-0.39, 0.29) is 0 Å². The average molecular weight is 250 g/mol. The summed E-state index contributed by atoms with van der Waals surface area (Å²) in [5, 5.41) is 8.48. The van der Waals surface area contributed by atoms with Crippen LogP contribution in [0, 0.1) is 5.92 Å². The molecule has 4 nitrogen and oxygen atoms in total. The van der Waals surface area contributed by atoms with E-state index >= 15 is 0 Å². The normalized spacial score (nSPS) is 11.3. The number of aromatic nitrogens is 2. The highest BCUT2D eigenvalue weighted by Crippen LogP contribution is 2.19. The first-order chi connectivity index (χ1) is 8.62. The molecular weight excluding hydrogens is 224 g/mol. The van der Waals surface area contributed by atoms with E-state index in [4.69, 9.17) is 5.73 Å². The molecule has 0 aromatic carbocycles.